The summed E-state index contributed by atoms with van der Waals surface area (Å²) in [7, 11) is 0. The Labute approximate surface area is 64.8 Å². The van der Waals surface area contributed by atoms with E-state index < -0.39 is 6.16 Å². The van der Waals surface area contributed by atoms with Gasteiger partial charge >= 0.3 is 6.16 Å². The van der Waals surface area contributed by atoms with Crippen molar-refractivity contribution < 1.29 is 19.7 Å². The minimum atomic E-state index is -1.83. The third kappa shape index (κ3) is 53.2. The summed E-state index contributed by atoms with van der Waals surface area (Å²) < 4.78 is 4.83. The van der Waals surface area contributed by atoms with Gasteiger partial charge in [0.25, 0.3) is 0 Å². The summed E-state index contributed by atoms with van der Waals surface area (Å²) >= 11 is 0. The topological polar surface area (TPSA) is 90.5 Å². The highest BCUT2D eigenvalue weighted by Crippen LogP contribution is 1.83. The van der Waals surface area contributed by atoms with Gasteiger partial charge in [-0.1, -0.05) is 0 Å². The summed E-state index contributed by atoms with van der Waals surface area (Å²) in [5.41, 5.74) is 0. The number of carboxylic acid groups (broad SMARTS) is 2. The van der Waals surface area contributed by atoms with E-state index in [1.54, 1.807) is 0 Å². The molecule has 0 radical (unpaired) electrons. The average Bonchev–Trinajstić information content (AvgIpc) is 1.82. The van der Waals surface area contributed by atoms with Gasteiger partial charge in [-0.3, -0.25) is 0 Å². The molecule has 0 rings (SSSR count). The number of hydrogen-bond donors (Lipinski definition) is 2. The van der Waals surface area contributed by atoms with Crippen molar-refractivity contribution in [2.45, 2.75) is 20.0 Å². The first-order valence-electron chi connectivity index (χ1n) is 2.91. The van der Waals surface area contributed by atoms with E-state index in [1.807, 2.05) is 19.9 Å². The zero-order chi connectivity index (χ0) is 9.28. The van der Waals surface area contributed by atoms with Gasteiger partial charge < -0.3 is 14.9 Å². The third-order valence-corrected chi connectivity index (χ3v) is 0.481. The van der Waals surface area contributed by atoms with Crippen molar-refractivity contribution >= 4 is 6.16 Å². The molecule has 11 heavy (non-hydrogen) atoms. The molecule has 0 saturated carbocycles. The van der Waals surface area contributed by atoms with Crippen LogP contribution in [0, 0.1) is 11.3 Å². The Hall–Kier alpha value is -1.28. The summed E-state index contributed by atoms with van der Waals surface area (Å²) in [4.78, 5) is 8.56. The fourth-order valence-electron chi connectivity index (χ4n) is 0.204. The maximum Gasteiger partial charge on any atom is 0.503 e. The van der Waals surface area contributed by atoms with E-state index in [9.17, 15) is 0 Å². The van der Waals surface area contributed by atoms with Gasteiger partial charge in [0.2, 0.25) is 0 Å². The zero-order valence-electron chi connectivity index (χ0n) is 6.44. The van der Waals surface area contributed by atoms with Gasteiger partial charge in [0.15, 0.2) is 0 Å². The van der Waals surface area contributed by atoms with Crippen LogP contribution in [0.3, 0.4) is 0 Å². The highest BCUT2D eigenvalue weighted by atomic mass is 16.6. The molecule has 0 aliphatic carbocycles. The van der Waals surface area contributed by atoms with Gasteiger partial charge in [-0.2, -0.15) is 5.26 Å². The number of nitriles is 1. The first-order chi connectivity index (χ1) is 5.00. The lowest BCUT2D eigenvalue weighted by atomic mass is 10.5. The first kappa shape index (κ1) is 12.4. The number of hydrogen-bond acceptors (Lipinski definition) is 3. The fraction of sp³-hybridized carbons (Fsp3) is 0.667. The second-order valence-electron chi connectivity index (χ2n) is 1.80. The van der Waals surface area contributed by atoms with E-state index in [1.165, 1.54) is 0 Å². The quantitative estimate of drug-likeness (QED) is 0.634. The molecular weight excluding hydrogens is 150 g/mol. The molecule has 0 aliphatic rings. The SMILES string of the molecule is CC(C)OCC#N.O=C(O)O. The monoisotopic (exact) mass is 161 g/mol. The Morgan fingerprint density at radius 3 is 2.09 bits per heavy atom. The summed E-state index contributed by atoms with van der Waals surface area (Å²) in [5.74, 6) is 0. The Balaban J connectivity index is 0. The van der Waals surface area contributed by atoms with Gasteiger partial charge in [-0.25, -0.2) is 4.79 Å². The van der Waals surface area contributed by atoms with E-state index in [0.29, 0.717) is 0 Å². The van der Waals surface area contributed by atoms with E-state index in [4.69, 9.17) is 25.0 Å². The van der Waals surface area contributed by atoms with Crippen LogP contribution in [0.25, 0.3) is 0 Å². The van der Waals surface area contributed by atoms with Crippen molar-refractivity contribution in [2.75, 3.05) is 6.61 Å². The Morgan fingerprint density at radius 2 is 2.00 bits per heavy atom. The standard InChI is InChI=1S/C5H9NO.CH2O3/c1-5(2)7-4-3-6;2-1(3)4/h5H,4H2,1-2H3;(H2,2,3,4). The molecule has 0 aromatic rings. The van der Waals surface area contributed by atoms with Crippen LogP contribution >= 0.6 is 0 Å². The molecule has 0 atom stereocenters. The normalized spacial score (nSPS) is 7.82. The van der Waals surface area contributed by atoms with Crippen LogP contribution in [-0.2, 0) is 4.74 Å². The van der Waals surface area contributed by atoms with Crippen LogP contribution in [0.5, 0.6) is 0 Å². The number of nitrogens with zero attached hydrogens (tertiary/aromatic N) is 1. The van der Waals surface area contributed by atoms with Crippen molar-refractivity contribution in [3.8, 4) is 6.07 Å². The van der Waals surface area contributed by atoms with Crippen molar-refractivity contribution in [1.29, 1.82) is 5.26 Å². The molecule has 0 aliphatic heterocycles. The minimum Gasteiger partial charge on any atom is -0.450 e. The predicted molar refractivity (Wildman–Crippen MR) is 37.4 cm³/mol. The van der Waals surface area contributed by atoms with Gasteiger partial charge in [0.1, 0.15) is 6.61 Å². The molecule has 0 bridgehead atoms. The van der Waals surface area contributed by atoms with Crippen LogP contribution in [0.1, 0.15) is 13.8 Å². The molecule has 0 aromatic heterocycles. The second-order valence-corrected chi connectivity index (χ2v) is 1.80. The smallest absolute Gasteiger partial charge is 0.450 e. The first-order valence-corrected chi connectivity index (χ1v) is 2.91. The van der Waals surface area contributed by atoms with Gasteiger partial charge in [0, 0.05) is 0 Å². The molecule has 0 amide bonds. The van der Waals surface area contributed by atoms with Crippen LogP contribution < -0.4 is 0 Å². The molecule has 0 saturated heterocycles. The third-order valence-electron chi connectivity index (χ3n) is 0.481. The number of ether oxygens (including phenoxy) is 1. The molecule has 5 heteroatoms. The Bertz CT molecular complexity index is 134. The van der Waals surface area contributed by atoms with Crippen LogP contribution in [-0.4, -0.2) is 29.1 Å². The maximum absolute atomic E-state index is 8.56. The van der Waals surface area contributed by atoms with Crippen molar-refractivity contribution in [2.24, 2.45) is 0 Å². The molecule has 0 heterocycles. The second kappa shape index (κ2) is 8.72. The molecule has 0 unspecified atom stereocenters. The van der Waals surface area contributed by atoms with E-state index in [2.05, 4.69) is 0 Å². The lowest BCUT2D eigenvalue weighted by Crippen LogP contribution is -2.01. The van der Waals surface area contributed by atoms with Crippen LogP contribution in [0.15, 0.2) is 0 Å². The average molecular weight is 161 g/mol. The number of rotatable bonds is 2. The molecular formula is C6H11NO4. The van der Waals surface area contributed by atoms with Crippen molar-refractivity contribution in [3.05, 3.63) is 0 Å². The van der Waals surface area contributed by atoms with E-state index in [0.717, 1.165) is 0 Å². The molecule has 0 spiro atoms. The Morgan fingerprint density at radius 1 is 1.64 bits per heavy atom. The molecule has 5 nitrogen and oxygen atoms in total. The number of carbonyl (C=O) groups is 1. The lowest BCUT2D eigenvalue weighted by Gasteiger charge is -1.98. The van der Waals surface area contributed by atoms with Crippen LogP contribution in [0.2, 0.25) is 0 Å². The van der Waals surface area contributed by atoms with Gasteiger partial charge in [-0.15, -0.1) is 0 Å². The highest BCUT2D eigenvalue weighted by molar-refractivity contribution is 5.53. The summed E-state index contributed by atoms with van der Waals surface area (Å²) in [6.07, 6.45) is -1.65. The maximum atomic E-state index is 8.56. The van der Waals surface area contributed by atoms with Crippen LogP contribution in [0.4, 0.5) is 4.79 Å². The molecule has 0 fully saturated rings. The van der Waals surface area contributed by atoms with E-state index >= 15 is 0 Å². The summed E-state index contributed by atoms with van der Waals surface area (Å²) in [5, 5.41) is 21.9. The Kier molecular flexibility index (Phi) is 9.83. The largest absolute Gasteiger partial charge is 0.503 e. The minimum absolute atomic E-state index is 0.180. The molecule has 2 N–H and O–H groups in total. The van der Waals surface area contributed by atoms with Crippen molar-refractivity contribution in [1.82, 2.24) is 0 Å². The summed E-state index contributed by atoms with van der Waals surface area (Å²) in [6.45, 7) is 4.01. The van der Waals surface area contributed by atoms with Gasteiger partial charge in [0.05, 0.1) is 12.2 Å². The summed E-state index contributed by atoms with van der Waals surface area (Å²) in [6, 6.07) is 1.88. The molecule has 64 valence electrons. The van der Waals surface area contributed by atoms with E-state index in [-0.39, 0.29) is 12.7 Å². The highest BCUT2D eigenvalue weighted by Gasteiger charge is 1.86. The van der Waals surface area contributed by atoms with Gasteiger partial charge in [-0.05, 0) is 13.8 Å². The zero-order valence-corrected chi connectivity index (χ0v) is 6.44. The molecule has 0 aromatic carbocycles. The fourth-order valence-corrected chi connectivity index (χ4v) is 0.204. The lowest BCUT2D eigenvalue weighted by molar-refractivity contribution is 0.106. The predicted octanol–water partition coefficient (Wildman–Crippen LogP) is 1.16. The van der Waals surface area contributed by atoms with Crippen molar-refractivity contribution in [3.63, 3.8) is 0 Å².